The molecule has 90 valence electrons. The second-order valence-corrected chi connectivity index (χ2v) is 4.75. The fraction of sp³-hybridized carbons (Fsp3) is 0.538. The lowest BCUT2D eigenvalue weighted by molar-refractivity contribution is 0.466. The Bertz CT molecular complexity index is 361. The van der Waals surface area contributed by atoms with Gasteiger partial charge in [-0.15, -0.1) is 0 Å². The molecule has 0 aliphatic rings. The number of hydrogen-bond acceptors (Lipinski definition) is 1. The van der Waals surface area contributed by atoms with Crippen LogP contribution in [0.2, 0.25) is 10.0 Å². The molecule has 1 aromatic rings. The number of hydrogen-bond donors (Lipinski definition) is 1. The molecule has 0 amide bonds. The number of unbranched alkanes of at least 4 members (excludes halogenated alkanes) is 2. The number of phenolic OH excluding ortho intramolecular Hbond substituents is 1. The van der Waals surface area contributed by atoms with E-state index in [2.05, 4.69) is 6.92 Å². The number of aromatic hydroxyl groups is 1. The van der Waals surface area contributed by atoms with E-state index in [1.54, 1.807) is 0 Å². The van der Waals surface area contributed by atoms with Crippen molar-refractivity contribution in [1.29, 1.82) is 0 Å². The van der Waals surface area contributed by atoms with Crippen LogP contribution in [0.1, 0.15) is 44.2 Å². The summed E-state index contributed by atoms with van der Waals surface area (Å²) in [6.45, 7) is 4.13. The normalized spacial score (nSPS) is 10.8. The summed E-state index contributed by atoms with van der Waals surface area (Å²) in [5.41, 5.74) is 1.70. The van der Waals surface area contributed by atoms with Gasteiger partial charge in [0.05, 0.1) is 5.02 Å². The Labute approximate surface area is 107 Å². The van der Waals surface area contributed by atoms with Crippen molar-refractivity contribution >= 4 is 23.2 Å². The summed E-state index contributed by atoms with van der Waals surface area (Å²) in [4.78, 5) is 0. The van der Waals surface area contributed by atoms with Crippen molar-refractivity contribution in [2.45, 2.75) is 46.0 Å². The molecule has 1 rings (SSSR count). The summed E-state index contributed by atoms with van der Waals surface area (Å²) in [5, 5.41) is 11.0. The number of aryl methyl sites for hydroxylation is 1. The van der Waals surface area contributed by atoms with Crippen LogP contribution in [0.25, 0.3) is 0 Å². The van der Waals surface area contributed by atoms with Crippen molar-refractivity contribution in [3.8, 4) is 5.75 Å². The summed E-state index contributed by atoms with van der Waals surface area (Å²) in [6, 6.07) is 1.84. The molecule has 0 unspecified atom stereocenters. The van der Waals surface area contributed by atoms with Gasteiger partial charge in [0.25, 0.3) is 0 Å². The van der Waals surface area contributed by atoms with Gasteiger partial charge in [0, 0.05) is 5.02 Å². The molecule has 0 saturated carbocycles. The number of benzene rings is 1. The van der Waals surface area contributed by atoms with Crippen LogP contribution in [0.5, 0.6) is 5.75 Å². The number of halogens is 2. The molecule has 0 atom stereocenters. The minimum atomic E-state index is 0.207. The molecular formula is C13H18Cl2O. The molecule has 0 aromatic heterocycles. The van der Waals surface area contributed by atoms with E-state index < -0.39 is 0 Å². The van der Waals surface area contributed by atoms with E-state index in [9.17, 15) is 5.11 Å². The van der Waals surface area contributed by atoms with Crippen LogP contribution in [-0.2, 0) is 12.8 Å². The predicted octanol–water partition coefficient (Wildman–Crippen LogP) is 4.99. The van der Waals surface area contributed by atoms with Crippen LogP contribution in [-0.4, -0.2) is 5.11 Å². The first-order valence-electron chi connectivity index (χ1n) is 5.80. The highest BCUT2D eigenvalue weighted by Gasteiger charge is 2.13. The monoisotopic (exact) mass is 260 g/mol. The Morgan fingerprint density at radius 3 is 2.44 bits per heavy atom. The third-order valence-corrected chi connectivity index (χ3v) is 3.51. The van der Waals surface area contributed by atoms with E-state index in [4.69, 9.17) is 23.2 Å². The topological polar surface area (TPSA) is 20.2 Å². The second kappa shape index (κ2) is 6.36. The lowest BCUT2D eigenvalue weighted by atomic mass is 10.0. The third kappa shape index (κ3) is 3.05. The van der Waals surface area contributed by atoms with E-state index >= 15 is 0 Å². The molecule has 3 heteroatoms. The highest BCUT2D eigenvalue weighted by Crippen LogP contribution is 2.37. The van der Waals surface area contributed by atoms with Crippen molar-refractivity contribution in [2.75, 3.05) is 0 Å². The van der Waals surface area contributed by atoms with Gasteiger partial charge < -0.3 is 5.11 Å². The van der Waals surface area contributed by atoms with Gasteiger partial charge in [0.2, 0.25) is 0 Å². The highest BCUT2D eigenvalue weighted by atomic mass is 35.5. The molecule has 1 aromatic carbocycles. The maximum atomic E-state index is 9.94. The summed E-state index contributed by atoms with van der Waals surface area (Å²) in [6.07, 6.45) is 4.95. The van der Waals surface area contributed by atoms with E-state index in [0.29, 0.717) is 10.0 Å². The molecule has 0 saturated heterocycles. The molecule has 0 aliphatic carbocycles. The first-order valence-corrected chi connectivity index (χ1v) is 6.56. The minimum absolute atomic E-state index is 0.207. The van der Waals surface area contributed by atoms with Gasteiger partial charge in [-0.1, -0.05) is 49.9 Å². The molecule has 0 bridgehead atoms. The van der Waals surface area contributed by atoms with Crippen molar-refractivity contribution in [3.05, 3.63) is 27.2 Å². The molecule has 0 fully saturated rings. The third-order valence-electron chi connectivity index (χ3n) is 2.77. The van der Waals surface area contributed by atoms with Crippen LogP contribution in [0.15, 0.2) is 6.07 Å². The van der Waals surface area contributed by atoms with E-state index in [1.807, 2.05) is 13.0 Å². The first-order chi connectivity index (χ1) is 7.61. The first kappa shape index (κ1) is 13.7. The fourth-order valence-electron chi connectivity index (χ4n) is 1.78. The smallest absolute Gasteiger partial charge is 0.137 e. The summed E-state index contributed by atoms with van der Waals surface area (Å²) in [7, 11) is 0. The Hall–Kier alpha value is -0.400. The Morgan fingerprint density at radius 1 is 1.19 bits per heavy atom. The van der Waals surface area contributed by atoms with E-state index in [0.717, 1.165) is 43.2 Å². The van der Waals surface area contributed by atoms with Crippen LogP contribution < -0.4 is 0 Å². The maximum absolute atomic E-state index is 9.94. The molecule has 1 nitrogen and oxygen atoms in total. The van der Waals surface area contributed by atoms with Crippen LogP contribution in [0.3, 0.4) is 0 Å². The molecule has 1 N–H and O–H groups in total. The Balaban J connectivity index is 2.94. The Morgan fingerprint density at radius 2 is 1.88 bits per heavy atom. The largest absolute Gasteiger partial charge is 0.506 e. The van der Waals surface area contributed by atoms with Gasteiger partial charge in [-0.3, -0.25) is 0 Å². The summed E-state index contributed by atoms with van der Waals surface area (Å²) < 4.78 is 0. The molecule has 0 spiro atoms. The molecular weight excluding hydrogens is 243 g/mol. The van der Waals surface area contributed by atoms with Gasteiger partial charge in [0.1, 0.15) is 5.75 Å². The van der Waals surface area contributed by atoms with Crippen LogP contribution in [0, 0.1) is 0 Å². The van der Waals surface area contributed by atoms with Crippen molar-refractivity contribution in [1.82, 2.24) is 0 Å². The molecule has 0 radical (unpaired) electrons. The molecule has 0 heterocycles. The highest BCUT2D eigenvalue weighted by molar-refractivity contribution is 6.37. The van der Waals surface area contributed by atoms with Crippen LogP contribution in [0.4, 0.5) is 0 Å². The van der Waals surface area contributed by atoms with Crippen molar-refractivity contribution < 1.29 is 5.11 Å². The summed E-state index contributed by atoms with van der Waals surface area (Å²) >= 11 is 12.2. The van der Waals surface area contributed by atoms with E-state index in [-0.39, 0.29) is 5.75 Å². The Kier molecular flexibility index (Phi) is 5.43. The van der Waals surface area contributed by atoms with Crippen LogP contribution >= 0.6 is 23.2 Å². The molecule has 0 aliphatic heterocycles. The van der Waals surface area contributed by atoms with Crippen molar-refractivity contribution in [3.63, 3.8) is 0 Å². The predicted molar refractivity (Wildman–Crippen MR) is 70.7 cm³/mol. The lowest BCUT2D eigenvalue weighted by Gasteiger charge is -2.11. The number of rotatable bonds is 5. The average molecular weight is 261 g/mol. The minimum Gasteiger partial charge on any atom is -0.506 e. The second-order valence-electron chi connectivity index (χ2n) is 3.97. The van der Waals surface area contributed by atoms with Crippen molar-refractivity contribution in [2.24, 2.45) is 0 Å². The van der Waals surface area contributed by atoms with E-state index in [1.165, 1.54) is 0 Å². The standard InChI is InChI=1S/C13H18Cl2O/c1-3-5-6-7-9-8-11(14)10(4-2)12(15)13(9)16/h8,16H,3-7H2,1-2H3. The van der Waals surface area contributed by atoms with Gasteiger partial charge in [0.15, 0.2) is 0 Å². The number of phenols is 1. The van der Waals surface area contributed by atoms with Gasteiger partial charge >= 0.3 is 0 Å². The zero-order valence-electron chi connectivity index (χ0n) is 9.82. The average Bonchev–Trinajstić information content (AvgIpc) is 2.26. The quantitative estimate of drug-likeness (QED) is 0.740. The molecule has 16 heavy (non-hydrogen) atoms. The SMILES string of the molecule is CCCCCc1cc(Cl)c(CC)c(Cl)c1O. The van der Waals surface area contributed by atoms with Gasteiger partial charge in [-0.05, 0) is 36.5 Å². The zero-order chi connectivity index (χ0) is 12.1. The zero-order valence-corrected chi connectivity index (χ0v) is 11.3. The maximum Gasteiger partial charge on any atom is 0.137 e. The fourth-order valence-corrected chi connectivity index (χ4v) is 2.54. The van der Waals surface area contributed by atoms with Gasteiger partial charge in [-0.2, -0.15) is 0 Å². The van der Waals surface area contributed by atoms with Gasteiger partial charge in [-0.25, -0.2) is 0 Å². The summed E-state index contributed by atoms with van der Waals surface area (Å²) in [5.74, 6) is 0.207. The lowest BCUT2D eigenvalue weighted by Crippen LogP contribution is -1.92.